The molecule has 0 aliphatic carbocycles. The fraction of sp³-hybridized carbons (Fsp3) is 0.200. The van der Waals surface area contributed by atoms with Crippen LogP contribution in [-0.2, 0) is 24.3 Å². The summed E-state index contributed by atoms with van der Waals surface area (Å²) in [6, 6.07) is 14.3. The number of carboxylic acids is 1. The second-order valence-electron chi connectivity index (χ2n) is 9.67. The molecule has 1 aliphatic heterocycles. The standard InChI is InChI=1S/C30H21F3N4O4S/c31-21-12-20(24-2-1-3-29(36-24)41-15-27-23(33)11-19(13-34)42-27)22(32)8-17(21)10-28-35-25-5-4-16(30(38)39)9-26(25)37(28)14-18-6-7-40-18/h1-5,8-9,11-12,18H,6-7,10,14-15H2,(H,38,39). The molecule has 212 valence electrons. The third-order valence-corrected chi connectivity index (χ3v) is 7.94. The van der Waals surface area contributed by atoms with Crippen LogP contribution in [0.1, 0.15) is 37.9 Å². The number of carbonyl (C=O) groups is 1. The van der Waals surface area contributed by atoms with E-state index < -0.39 is 23.4 Å². The molecule has 5 aromatic rings. The van der Waals surface area contributed by atoms with Gasteiger partial charge in [-0.2, -0.15) is 5.26 Å². The number of aromatic nitrogens is 3. The van der Waals surface area contributed by atoms with Gasteiger partial charge in [-0.3, -0.25) is 0 Å². The monoisotopic (exact) mass is 590 g/mol. The topological polar surface area (TPSA) is 110 Å². The summed E-state index contributed by atoms with van der Waals surface area (Å²) in [5.74, 6) is -2.50. The van der Waals surface area contributed by atoms with E-state index in [9.17, 15) is 14.3 Å². The molecular formula is C30H21F3N4O4S. The van der Waals surface area contributed by atoms with Gasteiger partial charge in [0.2, 0.25) is 5.88 Å². The van der Waals surface area contributed by atoms with Gasteiger partial charge >= 0.3 is 5.97 Å². The van der Waals surface area contributed by atoms with Crippen LogP contribution >= 0.6 is 11.3 Å². The van der Waals surface area contributed by atoms with Gasteiger partial charge in [0.1, 0.15) is 40.8 Å². The number of hydrogen-bond donors (Lipinski definition) is 1. The molecule has 6 rings (SSSR count). The van der Waals surface area contributed by atoms with E-state index in [0.29, 0.717) is 30.0 Å². The highest BCUT2D eigenvalue weighted by Crippen LogP contribution is 2.29. The molecule has 0 spiro atoms. The smallest absolute Gasteiger partial charge is 0.335 e. The molecular weight excluding hydrogens is 569 g/mol. The van der Waals surface area contributed by atoms with Crippen LogP contribution in [0.25, 0.3) is 22.3 Å². The first-order valence-corrected chi connectivity index (χ1v) is 13.7. The number of carboxylic acid groups (broad SMARTS) is 1. The van der Waals surface area contributed by atoms with Gasteiger partial charge in [-0.1, -0.05) is 6.07 Å². The number of thiophene rings is 1. The number of ether oxygens (including phenoxy) is 2. The highest BCUT2D eigenvalue weighted by Gasteiger charge is 2.24. The quantitative estimate of drug-likeness (QED) is 0.221. The molecule has 0 radical (unpaired) electrons. The Morgan fingerprint density at radius 1 is 1.12 bits per heavy atom. The van der Waals surface area contributed by atoms with Crippen molar-refractivity contribution in [3.8, 4) is 23.2 Å². The van der Waals surface area contributed by atoms with E-state index in [1.54, 1.807) is 16.7 Å². The van der Waals surface area contributed by atoms with Crippen LogP contribution in [0.15, 0.2) is 54.6 Å². The zero-order valence-electron chi connectivity index (χ0n) is 21.8. The largest absolute Gasteiger partial charge is 0.478 e. The van der Waals surface area contributed by atoms with E-state index in [1.807, 2.05) is 6.07 Å². The number of fused-ring (bicyclic) bond motifs is 1. The Morgan fingerprint density at radius 2 is 1.95 bits per heavy atom. The maximum Gasteiger partial charge on any atom is 0.335 e. The van der Waals surface area contributed by atoms with Crippen molar-refractivity contribution in [1.82, 2.24) is 14.5 Å². The molecule has 1 N–H and O–H groups in total. The molecule has 1 unspecified atom stereocenters. The van der Waals surface area contributed by atoms with Crippen LogP contribution in [0.3, 0.4) is 0 Å². The summed E-state index contributed by atoms with van der Waals surface area (Å²) in [7, 11) is 0. The second-order valence-corrected chi connectivity index (χ2v) is 10.8. The van der Waals surface area contributed by atoms with E-state index in [1.165, 1.54) is 24.3 Å². The van der Waals surface area contributed by atoms with E-state index in [2.05, 4.69) is 9.97 Å². The van der Waals surface area contributed by atoms with Crippen molar-refractivity contribution in [3.05, 3.63) is 98.8 Å². The Balaban J connectivity index is 1.27. The van der Waals surface area contributed by atoms with Crippen LogP contribution in [0.2, 0.25) is 0 Å². The summed E-state index contributed by atoms with van der Waals surface area (Å²) in [6.07, 6.45) is 0.707. The minimum atomic E-state index is -1.08. The molecule has 3 aromatic heterocycles. The summed E-state index contributed by atoms with van der Waals surface area (Å²) in [5, 5.41) is 18.4. The number of pyridine rings is 1. The summed E-state index contributed by atoms with van der Waals surface area (Å²) >= 11 is 0.959. The van der Waals surface area contributed by atoms with Crippen LogP contribution in [0.4, 0.5) is 13.2 Å². The average molecular weight is 591 g/mol. The molecule has 1 aliphatic rings. The van der Waals surface area contributed by atoms with E-state index >= 15 is 8.78 Å². The van der Waals surface area contributed by atoms with Crippen LogP contribution < -0.4 is 4.74 Å². The first-order valence-electron chi connectivity index (χ1n) is 12.9. The molecule has 2 aromatic carbocycles. The maximum absolute atomic E-state index is 15.4. The van der Waals surface area contributed by atoms with E-state index in [4.69, 9.17) is 14.7 Å². The van der Waals surface area contributed by atoms with Gasteiger partial charge in [0.25, 0.3) is 0 Å². The van der Waals surface area contributed by atoms with Gasteiger partial charge < -0.3 is 19.1 Å². The first-order chi connectivity index (χ1) is 20.3. The molecule has 42 heavy (non-hydrogen) atoms. The van der Waals surface area contributed by atoms with Gasteiger partial charge in [0, 0.05) is 30.7 Å². The molecule has 0 bridgehead atoms. The van der Waals surface area contributed by atoms with Crippen molar-refractivity contribution in [2.75, 3.05) is 6.61 Å². The summed E-state index contributed by atoms with van der Waals surface area (Å²) in [4.78, 5) is 20.8. The Kier molecular flexibility index (Phi) is 7.36. The third-order valence-electron chi connectivity index (χ3n) is 6.96. The Morgan fingerprint density at radius 3 is 2.67 bits per heavy atom. The van der Waals surface area contributed by atoms with Gasteiger partial charge in [0.05, 0.1) is 39.8 Å². The highest BCUT2D eigenvalue weighted by atomic mass is 32.1. The maximum atomic E-state index is 15.4. The van der Waals surface area contributed by atoms with Gasteiger partial charge in [-0.25, -0.2) is 27.9 Å². The van der Waals surface area contributed by atoms with E-state index in [-0.39, 0.29) is 57.2 Å². The lowest BCUT2D eigenvalue weighted by Crippen LogP contribution is -2.31. The van der Waals surface area contributed by atoms with Gasteiger partial charge in [-0.05, 0) is 48.4 Å². The SMILES string of the molecule is N#Cc1cc(F)c(COc2cccc(-c3cc(F)c(Cc4nc5ccc(C(=O)O)cc5n4CC4CCO4)cc3F)n2)s1. The van der Waals surface area contributed by atoms with Crippen molar-refractivity contribution < 1.29 is 32.5 Å². The third kappa shape index (κ3) is 5.44. The zero-order valence-corrected chi connectivity index (χ0v) is 22.6. The number of benzene rings is 2. The Hall–Kier alpha value is -4.73. The molecule has 1 fully saturated rings. The lowest BCUT2D eigenvalue weighted by Gasteiger charge is -2.27. The number of nitrogens with zero attached hydrogens (tertiary/aromatic N) is 4. The number of halogens is 3. The number of imidazole rings is 1. The average Bonchev–Trinajstić information content (AvgIpc) is 3.49. The predicted octanol–water partition coefficient (Wildman–Crippen LogP) is 6.11. The summed E-state index contributed by atoms with van der Waals surface area (Å²) < 4.78 is 57.7. The first kappa shape index (κ1) is 27.4. The van der Waals surface area contributed by atoms with Crippen molar-refractivity contribution in [3.63, 3.8) is 0 Å². The van der Waals surface area contributed by atoms with E-state index in [0.717, 1.165) is 36.0 Å². The predicted molar refractivity (Wildman–Crippen MR) is 147 cm³/mol. The molecule has 8 nitrogen and oxygen atoms in total. The van der Waals surface area contributed by atoms with Crippen LogP contribution in [0.5, 0.6) is 5.88 Å². The molecule has 0 amide bonds. The number of aromatic carboxylic acids is 1. The molecule has 4 heterocycles. The van der Waals surface area contributed by atoms with Gasteiger partial charge in [0.15, 0.2) is 0 Å². The van der Waals surface area contributed by atoms with Crippen LogP contribution in [0, 0.1) is 28.8 Å². The van der Waals surface area contributed by atoms with Crippen molar-refractivity contribution >= 4 is 28.3 Å². The van der Waals surface area contributed by atoms with Crippen molar-refractivity contribution in [1.29, 1.82) is 5.26 Å². The highest BCUT2D eigenvalue weighted by molar-refractivity contribution is 7.12. The number of hydrogen-bond acceptors (Lipinski definition) is 7. The van der Waals surface area contributed by atoms with Crippen LogP contribution in [-0.4, -0.2) is 38.3 Å². The minimum absolute atomic E-state index is 0.0412. The lowest BCUT2D eigenvalue weighted by molar-refractivity contribution is -0.0589. The summed E-state index contributed by atoms with van der Waals surface area (Å²) in [6.45, 7) is 0.855. The summed E-state index contributed by atoms with van der Waals surface area (Å²) in [5.41, 5.74) is 1.31. The number of rotatable bonds is 9. The Labute approximate surface area is 241 Å². The Bertz CT molecular complexity index is 1880. The second kappa shape index (κ2) is 11.3. The molecule has 1 saturated heterocycles. The zero-order chi connectivity index (χ0) is 29.4. The fourth-order valence-corrected chi connectivity index (χ4v) is 5.46. The fourth-order valence-electron chi connectivity index (χ4n) is 4.71. The minimum Gasteiger partial charge on any atom is -0.478 e. The normalized spacial score (nSPS) is 14.5. The van der Waals surface area contributed by atoms with Crippen molar-refractivity contribution in [2.45, 2.75) is 32.1 Å². The molecule has 0 saturated carbocycles. The number of nitriles is 1. The lowest BCUT2D eigenvalue weighted by atomic mass is 10.0. The molecule has 1 atom stereocenters. The van der Waals surface area contributed by atoms with Crippen molar-refractivity contribution in [2.24, 2.45) is 0 Å². The van der Waals surface area contributed by atoms with Gasteiger partial charge in [-0.15, -0.1) is 11.3 Å². The molecule has 12 heteroatoms.